The molecule has 0 spiro atoms. The predicted octanol–water partition coefficient (Wildman–Crippen LogP) is 6.80. The molecule has 3 saturated heterocycles. The summed E-state index contributed by atoms with van der Waals surface area (Å²) in [7, 11) is 1.55. The highest BCUT2D eigenvalue weighted by Crippen LogP contribution is 2.60. The fourth-order valence-corrected chi connectivity index (χ4v) is 10.6. The number of allylic oxidation sites excluding steroid dienone is 1. The molecule has 3 N–H and O–H groups in total. The highest BCUT2D eigenvalue weighted by molar-refractivity contribution is 5.96. The molecule has 2 amide bonds. The minimum atomic E-state index is -1.67. The monoisotopic (exact) mass is 963 g/mol. The number of hydrogen-bond donors (Lipinski definition) is 3. The molecule has 9 rings (SSSR count). The smallest absolute Gasteiger partial charge is 0.327 e. The quantitative estimate of drug-likeness (QED) is 0.0834. The van der Waals surface area contributed by atoms with Crippen LogP contribution in [0.4, 0.5) is 0 Å². The Balaban J connectivity index is 1.09. The molecule has 14 nitrogen and oxygen atoms in total. The molecule has 8 atom stereocenters. The number of esters is 2. The minimum Gasteiger partial charge on any atom is -0.508 e. The fourth-order valence-electron chi connectivity index (χ4n) is 10.6. The SMILES string of the molecule is CN(C(=O)[C@@]12C[C@H]3OC(=O)[C@@H]1N(Cc1ccccc1C=CCc1ccccc1O)O[C@@H]2[C@H]1OC(c2ccccc2)(c2ccccc2)O[C@H]13)[C@H](Cc1ccccc1)C(=O)N[C@H](CO)CCC(=O)OC(C)(C)C. The summed E-state index contributed by atoms with van der Waals surface area (Å²) in [5, 5.41) is 25.4. The van der Waals surface area contributed by atoms with Gasteiger partial charge in [0, 0.05) is 37.4 Å². The Hall–Kier alpha value is -6.68. The number of nitrogens with one attached hydrogen (secondary N) is 1. The summed E-state index contributed by atoms with van der Waals surface area (Å²) in [6, 6.07) is 39.8. The lowest BCUT2D eigenvalue weighted by atomic mass is 9.62. The second-order valence-corrected chi connectivity index (χ2v) is 19.8. The van der Waals surface area contributed by atoms with Crippen LogP contribution in [0.15, 0.2) is 146 Å². The molecule has 4 fully saturated rings. The van der Waals surface area contributed by atoms with Gasteiger partial charge in [-0.15, -0.1) is 0 Å². The number of aliphatic hydroxyl groups is 1. The van der Waals surface area contributed by atoms with Gasteiger partial charge >= 0.3 is 11.9 Å². The summed E-state index contributed by atoms with van der Waals surface area (Å²) >= 11 is 0. The van der Waals surface area contributed by atoms with Gasteiger partial charge in [0.1, 0.15) is 47.2 Å². The van der Waals surface area contributed by atoms with Crippen molar-refractivity contribution in [2.75, 3.05) is 13.7 Å². The van der Waals surface area contributed by atoms with Gasteiger partial charge in [-0.1, -0.05) is 146 Å². The summed E-state index contributed by atoms with van der Waals surface area (Å²) in [5.41, 5.74) is 2.15. The Morgan fingerprint density at radius 1 is 0.845 bits per heavy atom. The van der Waals surface area contributed by atoms with Gasteiger partial charge < -0.3 is 39.4 Å². The van der Waals surface area contributed by atoms with E-state index in [4.69, 9.17) is 23.8 Å². The van der Waals surface area contributed by atoms with Gasteiger partial charge in [-0.05, 0) is 61.9 Å². The molecule has 14 heteroatoms. The van der Waals surface area contributed by atoms with Crippen LogP contribution in [0.3, 0.4) is 0 Å². The Morgan fingerprint density at radius 2 is 1.45 bits per heavy atom. The van der Waals surface area contributed by atoms with E-state index in [0.29, 0.717) is 17.5 Å². The number of aromatic hydroxyl groups is 1. The summed E-state index contributed by atoms with van der Waals surface area (Å²) in [4.78, 5) is 66.9. The van der Waals surface area contributed by atoms with Crippen LogP contribution in [0.25, 0.3) is 6.08 Å². The third-order valence-electron chi connectivity index (χ3n) is 13.9. The number of amides is 2. The lowest BCUT2D eigenvalue weighted by Crippen LogP contribution is -2.70. The molecule has 0 radical (unpaired) electrons. The molecule has 3 heterocycles. The van der Waals surface area contributed by atoms with Gasteiger partial charge in [-0.2, -0.15) is 5.06 Å². The van der Waals surface area contributed by atoms with E-state index < -0.39 is 89.7 Å². The molecule has 370 valence electrons. The maximum absolute atomic E-state index is 16.1. The zero-order chi connectivity index (χ0) is 49.9. The largest absolute Gasteiger partial charge is 0.508 e. The van der Waals surface area contributed by atoms with Crippen molar-refractivity contribution in [1.82, 2.24) is 15.3 Å². The van der Waals surface area contributed by atoms with E-state index in [-0.39, 0.29) is 38.0 Å². The number of carbonyl (C=O) groups excluding carboxylic acids is 4. The molecule has 2 bridgehead atoms. The van der Waals surface area contributed by atoms with Crippen molar-refractivity contribution in [3.8, 4) is 5.75 Å². The van der Waals surface area contributed by atoms with Crippen LogP contribution in [-0.4, -0.2) is 106 Å². The second kappa shape index (κ2) is 20.6. The van der Waals surface area contributed by atoms with Crippen LogP contribution in [0, 0.1) is 5.41 Å². The molecule has 5 aromatic carbocycles. The number of para-hydroxylation sites is 1. The van der Waals surface area contributed by atoms with Crippen LogP contribution < -0.4 is 5.32 Å². The van der Waals surface area contributed by atoms with Crippen molar-refractivity contribution >= 4 is 29.8 Å². The lowest BCUT2D eigenvalue weighted by molar-refractivity contribution is -0.214. The number of likely N-dealkylation sites (N-methyl/N-ethyl adjacent to an activating group) is 1. The molecule has 3 aliphatic heterocycles. The minimum absolute atomic E-state index is 0.00508. The molecule has 0 unspecified atom stereocenters. The first kappa shape index (κ1) is 49.3. The Bertz CT molecular complexity index is 2690. The van der Waals surface area contributed by atoms with Gasteiger partial charge in [0.25, 0.3) is 0 Å². The Morgan fingerprint density at radius 3 is 2.10 bits per heavy atom. The first-order chi connectivity index (χ1) is 34.2. The number of nitrogens with zero attached hydrogens (tertiary/aromatic N) is 2. The topological polar surface area (TPSA) is 173 Å². The van der Waals surface area contributed by atoms with Crippen molar-refractivity contribution in [2.24, 2.45) is 5.41 Å². The van der Waals surface area contributed by atoms with Gasteiger partial charge in [0.2, 0.25) is 17.6 Å². The number of fused-ring (bicyclic) bond motifs is 4. The maximum atomic E-state index is 16.1. The number of carbonyl (C=O) groups is 4. The van der Waals surface area contributed by atoms with Crippen LogP contribution in [-0.2, 0) is 68.1 Å². The van der Waals surface area contributed by atoms with E-state index in [1.165, 1.54) is 9.96 Å². The first-order valence-electron chi connectivity index (χ1n) is 24.3. The number of rotatable bonds is 17. The predicted molar refractivity (Wildman–Crippen MR) is 263 cm³/mol. The second-order valence-electron chi connectivity index (χ2n) is 19.8. The normalized spacial score (nSPS) is 24.1. The summed E-state index contributed by atoms with van der Waals surface area (Å²) < 4.78 is 26.2. The summed E-state index contributed by atoms with van der Waals surface area (Å²) in [6.45, 7) is 4.88. The number of hydrogen-bond acceptors (Lipinski definition) is 12. The molecule has 1 saturated carbocycles. The van der Waals surface area contributed by atoms with E-state index in [1.807, 2.05) is 140 Å². The van der Waals surface area contributed by atoms with E-state index in [0.717, 1.165) is 22.3 Å². The highest BCUT2D eigenvalue weighted by Gasteiger charge is 2.77. The average molecular weight is 964 g/mol. The summed E-state index contributed by atoms with van der Waals surface area (Å²) in [6.07, 6.45) is 0.577. The van der Waals surface area contributed by atoms with Crippen molar-refractivity contribution < 1.29 is 53.2 Å². The summed E-state index contributed by atoms with van der Waals surface area (Å²) in [5.74, 6) is -3.53. The highest BCUT2D eigenvalue weighted by atomic mass is 16.8. The van der Waals surface area contributed by atoms with E-state index in [1.54, 1.807) is 40.0 Å². The molecule has 1 aliphatic carbocycles. The van der Waals surface area contributed by atoms with Gasteiger partial charge in [-0.3, -0.25) is 24.0 Å². The molecule has 71 heavy (non-hydrogen) atoms. The molecular weight excluding hydrogens is 903 g/mol. The maximum Gasteiger partial charge on any atom is 0.327 e. The number of ether oxygens (including phenoxy) is 4. The third-order valence-corrected chi connectivity index (χ3v) is 13.9. The fraction of sp³-hybridized carbons (Fsp3) is 0.368. The Labute approximate surface area is 414 Å². The number of aliphatic hydroxyl groups excluding tert-OH is 1. The van der Waals surface area contributed by atoms with Crippen LogP contribution in [0.2, 0.25) is 0 Å². The number of phenols is 1. The number of phenolic OH excluding ortho intramolecular Hbond substituents is 1. The average Bonchev–Trinajstić information content (AvgIpc) is 3.95. The zero-order valence-corrected chi connectivity index (χ0v) is 40.4. The van der Waals surface area contributed by atoms with E-state index in [9.17, 15) is 24.6 Å². The third kappa shape index (κ3) is 10.00. The lowest BCUT2D eigenvalue weighted by Gasteiger charge is -2.50. The van der Waals surface area contributed by atoms with Crippen molar-refractivity contribution in [1.29, 1.82) is 0 Å². The molecule has 0 aromatic heterocycles. The standard InChI is InChI=1S/C57H61N3O11/c1-55(2,3)68-47(63)32-31-43(36-61)58-52(64)44(33-37-19-8-5-9-20-37)59(4)54(66)56-34-46-48-49(70-57(69-48,41-26-10-6-11-27-41)42-28-12-7-13-29-42)51(56)71-60(50(56)53(65)67-46)35-40-23-15-14-21-38(40)24-18-25-39-22-16-17-30-45(39)62/h5-24,26-30,43-44,46,48-51,61-62H,25,31-36H2,1-4H3,(H,58,64)/t43-,44+,46+,48-,49-,50-,51+,56-/m0/s1. The molecule has 4 aliphatic rings. The van der Waals surface area contributed by atoms with Gasteiger partial charge in [0.05, 0.1) is 19.2 Å². The van der Waals surface area contributed by atoms with Crippen LogP contribution >= 0.6 is 0 Å². The molecular formula is C57H61N3O11. The Kier molecular flexibility index (Phi) is 14.3. The van der Waals surface area contributed by atoms with Crippen molar-refractivity contribution in [3.63, 3.8) is 0 Å². The molecule has 5 aromatic rings. The van der Waals surface area contributed by atoms with Crippen molar-refractivity contribution in [3.05, 3.63) is 179 Å². The number of hydroxylamine groups is 2. The van der Waals surface area contributed by atoms with Gasteiger partial charge in [-0.25, -0.2) is 0 Å². The van der Waals surface area contributed by atoms with Gasteiger partial charge in [0.15, 0.2) is 6.04 Å². The van der Waals surface area contributed by atoms with E-state index in [2.05, 4.69) is 5.32 Å². The van der Waals surface area contributed by atoms with Crippen LogP contribution in [0.1, 0.15) is 73.4 Å². The number of benzene rings is 5. The van der Waals surface area contributed by atoms with Crippen molar-refractivity contribution in [2.45, 2.75) is 113 Å². The first-order valence-corrected chi connectivity index (χ1v) is 24.3. The van der Waals surface area contributed by atoms with Crippen LogP contribution in [0.5, 0.6) is 5.75 Å². The zero-order valence-electron chi connectivity index (χ0n) is 40.4. The van der Waals surface area contributed by atoms with E-state index >= 15 is 4.79 Å².